The van der Waals surface area contributed by atoms with Gasteiger partial charge in [-0.05, 0) is 31.0 Å². The van der Waals surface area contributed by atoms with Gasteiger partial charge in [0, 0.05) is 24.7 Å². The molecular weight excluding hydrogens is 276 g/mol. The molecule has 1 aromatic carbocycles. The van der Waals surface area contributed by atoms with Gasteiger partial charge in [0.05, 0.1) is 5.56 Å². The van der Waals surface area contributed by atoms with Gasteiger partial charge in [-0.3, -0.25) is 4.79 Å². The lowest BCUT2D eigenvalue weighted by Crippen LogP contribution is -2.40. The van der Waals surface area contributed by atoms with E-state index in [4.69, 9.17) is 5.73 Å². The highest BCUT2D eigenvalue weighted by Crippen LogP contribution is 2.31. The van der Waals surface area contributed by atoms with Gasteiger partial charge in [-0.1, -0.05) is 0 Å². The normalized spacial score (nSPS) is 19.4. The second-order valence-electron chi connectivity index (χ2n) is 4.76. The van der Waals surface area contributed by atoms with Crippen molar-refractivity contribution >= 4 is 5.91 Å². The summed E-state index contributed by atoms with van der Waals surface area (Å²) in [4.78, 5) is 13.6. The van der Waals surface area contributed by atoms with E-state index in [1.165, 1.54) is 4.90 Å². The zero-order chi connectivity index (χ0) is 14.9. The minimum absolute atomic E-state index is 0.194. The van der Waals surface area contributed by atoms with Crippen LogP contribution in [-0.2, 0) is 6.18 Å². The number of hydrogen-bond acceptors (Lipinski definition) is 2. The fourth-order valence-electron chi connectivity index (χ4n) is 2.39. The van der Waals surface area contributed by atoms with Crippen molar-refractivity contribution in [1.82, 2.24) is 4.90 Å². The van der Waals surface area contributed by atoms with Crippen LogP contribution in [0.3, 0.4) is 0 Å². The predicted molar refractivity (Wildman–Crippen MR) is 64.5 cm³/mol. The van der Waals surface area contributed by atoms with Crippen LogP contribution in [0.2, 0.25) is 0 Å². The van der Waals surface area contributed by atoms with Crippen LogP contribution in [-0.4, -0.2) is 29.9 Å². The van der Waals surface area contributed by atoms with Crippen LogP contribution in [0.15, 0.2) is 18.2 Å². The molecule has 20 heavy (non-hydrogen) atoms. The maximum atomic E-state index is 13.3. The summed E-state index contributed by atoms with van der Waals surface area (Å²) in [6, 6.07) is 1.68. The summed E-state index contributed by atoms with van der Waals surface area (Å²) < 4.78 is 51.1. The zero-order valence-corrected chi connectivity index (χ0v) is 10.6. The van der Waals surface area contributed by atoms with Crippen molar-refractivity contribution in [2.45, 2.75) is 25.1 Å². The average molecular weight is 290 g/mol. The van der Waals surface area contributed by atoms with Crippen molar-refractivity contribution in [3.8, 4) is 0 Å². The van der Waals surface area contributed by atoms with Crippen LogP contribution in [0.1, 0.15) is 28.8 Å². The van der Waals surface area contributed by atoms with Gasteiger partial charge in [0.2, 0.25) is 0 Å². The summed E-state index contributed by atoms with van der Waals surface area (Å²) in [7, 11) is 0. The molecule has 3 nitrogen and oxygen atoms in total. The summed E-state index contributed by atoms with van der Waals surface area (Å²) in [5, 5.41) is 0. The molecule has 110 valence electrons. The Hall–Kier alpha value is -1.63. The van der Waals surface area contributed by atoms with Crippen molar-refractivity contribution in [2.24, 2.45) is 5.73 Å². The predicted octanol–water partition coefficient (Wildman–Crippen LogP) is 2.41. The molecule has 2 rings (SSSR count). The number of carbonyl (C=O) groups is 1. The summed E-state index contributed by atoms with van der Waals surface area (Å²) in [6.45, 7) is 0.672. The lowest BCUT2D eigenvalue weighted by molar-refractivity contribution is -0.137. The number of nitrogens with two attached hydrogens (primary N) is 1. The molecule has 2 N–H and O–H groups in total. The smallest absolute Gasteiger partial charge is 0.334 e. The third kappa shape index (κ3) is 2.92. The first kappa shape index (κ1) is 14.8. The molecule has 0 unspecified atom stereocenters. The van der Waals surface area contributed by atoms with Crippen molar-refractivity contribution in [2.75, 3.05) is 13.1 Å². The Labute approximate surface area is 113 Å². The summed E-state index contributed by atoms with van der Waals surface area (Å²) in [5.74, 6) is -1.69. The molecule has 0 spiro atoms. The fourth-order valence-corrected chi connectivity index (χ4v) is 2.39. The highest BCUT2D eigenvalue weighted by Gasteiger charge is 2.34. The van der Waals surface area contributed by atoms with E-state index in [9.17, 15) is 22.4 Å². The van der Waals surface area contributed by atoms with Crippen molar-refractivity contribution in [3.63, 3.8) is 0 Å². The Morgan fingerprint density at radius 2 is 2.05 bits per heavy atom. The molecule has 0 bridgehead atoms. The van der Waals surface area contributed by atoms with Gasteiger partial charge in [-0.25, -0.2) is 4.39 Å². The number of hydrogen-bond donors (Lipinski definition) is 1. The summed E-state index contributed by atoms with van der Waals surface area (Å²) in [6.07, 6.45) is -3.23. The molecule has 1 amide bonds. The highest BCUT2D eigenvalue weighted by atomic mass is 19.4. The molecule has 7 heteroatoms. The summed E-state index contributed by atoms with van der Waals surface area (Å²) >= 11 is 0. The molecule has 1 aliphatic heterocycles. The standard InChI is InChI=1S/C13H14F4N2O/c14-10-5-8(4-9(6-10)13(15,16)17)12(20)19-3-1-2-11(19)7-18/h4-6,11H,1-3,7,18H2/t11-/m1/s1. The van der Waals surface area contributed by atoms with E-state index in [2.05, 4.69) is 0 Å². The minimum atomic E-state index is -4.69. The molecule has 1 heterocycles. The van der Waals surface area contributed by atoms with Crippen molar-refractivity contribution in [3.05, 3.63) is 35.1 Å². The molecular formula is C13H14F4N2O. The molecule has 0 aliphatic carbocycles. The fraction of sp³-hybridized carbons (Fsp3) is 0.462. The minimum Gasteiger partial charge on any atom is -0.334 e. The number of likely N-dealkylation sites (tertiary alicyclic amines) is 1. The van der Waals surface area contributed by atoms with Crippen LogP contribution >= 0.6 is 0 Å². The lowest BCUT2D eigenvalue weighted by atomic mass is 10.1. The number of amides is 1. The Balaban J connectivity index is 2.33. The number of alkyl halides is 3. The second kappa shape index (κ2) is 5.40. The maximum Gasteiger partial charge on any atom is 0.416 e. The first-order valence-corrected chi connectivity index (χ1v) is 6.21. The van der Waals surface area contributed by atoms with Crippen molar-refractivity contribution < 1.29 is 22.4 Å². The van der Waals surface area contributed by atoms with Gasteiger partial charge in [0.25, 0.3) is 5.91 Å². The van der Waals surface area contributed by atoms with Crippen LogP contribution in [0.25, 0.3) is 0 Å². The quantitative estimate of drug-likeness (QED) is 0.850. The van der Waals surface area contributed by atoms with Gasteiger partial charge in [-0.2, -0.15) is 13.2 Å². The van der Waals surface area contributed by atoms with E-state index in [0.717, 1.165) is 12.5 Å². The number of rotatable bonds is 2. The number of nitrogens with zero attached hydrogens (tertiary/aromatic N) is 1. The average Bonchev–Trinajstić information content (AvgIpc) is 2.84. The maximum absolute atomic E-state index is 13.3. The highest BCUT2D eigenvalue weighted by molar-refractivity contribution is 5.94. The van der Waals surface area contributed by atoms with E-state index >= 15 is 0 Å². The first-order chi connectivity index (χ1) is 9.32. The Kier molecular flexibility index (Phi) is 3.99. The first-order valence-electron chi connectivity index (χ1n) is 6.21. The molecule has 0 saturated carbocycles. The molecule has 1 saturated heterocycles. The molecule has 1 aliphatic rings. The molecule has 0 aromatic heterocycles. The van der Waals surface area contributed by atoms with Gasteiger partial charge in [0.15, 0.2) is 0 Å². The largest absolute Gasteiger partial charge is 0.416 e. The number of halogens is 4. The monoisotopic (exact) mass is 290 g/mol. The van der Waals surface area contributed by atoms with Gasteiger partial charge >= 0.3 is 6.18 Å². The third-order valence-electron chi connectivity index (χ3n) is 3.38. The lowest BCUT2D eigenvalue weighted by Gasteiger charge is -2.23. The zero-order valence-electron chi connectivity index (χ0n) is 10.6. The molecule has 1 aromatic rings. The van der Waals surface area contributed by atoms with Gasteiger partial charge in [0.1, 0.15) is 5.82 Å². The SMILES string of the molecule is NC[C@H]1CCCN1C(=O)c1cc(F)cc(C(F)(F)F)c1. The Morgan fingerprint density at radius 3 is 2.65 bits per heavy atom. The van der Waals surface area contributed by atoms with E-state index in [-0.39, 0.29) is 18.2 Å². The van der Waals surface area contributed by atoms with Crippen LogP contribution in [0, 0.1) is 5.82 Å². The van der Waals surface area contributed by atoms with Crippen LogP contribution in [0.4, 0.5) is 17.6 Å². The Morgan fingerprint density at radius 1 is 1.35 bits per heavy atom. The number of benzene rings is 1. The number of carbonyl (C=O) groups excluding carboxylic acids is 1. The Bertz CT molecular complexity index is 516. The van der Waals surface area contributed by atoms with Crippen molar-refractivity contribution in [1.29, 1.82) is 0 Å². The van der Waals surface area contributed by atoms with Crippen LogP contribution < -0.4 is 5.73 Å². The summed E-state index contributed by atoms with van der Waals surface area (Å²) in [5.41, 5.74) is 4.06. The molecule has 0 radical (unpaired) electrons. The van der Waals surface area contributed by atoms with E-state index in [1.807, 2.05) is 0 Å². The molecule has 1 fully saturated rings. The van der Waals surface area contributed by atoms with Gasteiger partial charge < -0.3 is 10.6 Å². The van der Waals surface area contributed by atoms with Gasteiger partial charge in [-0.15, -0.1) is 0 Å². The molecule has 1 atom stereocenters. The van der Waals surface area contributed by atoms with E-state index < -0.39 is 23.5 Å². The van der Waals surface area contributed by atoms with Crippen LogP contribution in [0.5, 0.6) is 0 Å². The third-order valence-corrected chi connectivity index (χ3v) is 3.38. The van der Waals surface area contributed by atoms with E-state index in [1.54, 1.807) is 0 Å². The second-order valence-corrected chi connectivity index (χ2v) is 4.76. The topological polar surface area (TPSA) is 46.3 Å². The van der Waals surface area contributed by atoms with E-state index in [0.29, 0.717) is 25.1 Å².